The van der Waals surface area contributed by atoms with E-state index in [0.717, 1.165) is 16.7 Å². The average Bonchev–Trinajstić information content (AvgIpc) is 3.35. The SMILES string of the molecule is CC(C)Oc1ccc(-c2nc(-c3cccc4c3CC=C4OC(N)=O)no2)cc1C#N. The third kappa shape index (κ3) is 3.61. The molecule has 0 saturated heterocycles. The number of ether oxygens (including phenoxy) is 2. The second-order valence-electron chi connectivity index (χ2n) is 6.94. The molecule has 0 fully saturated rings. The van der Waals surface area contributed by atoms with Gasteiger partial charge in [0.05, 0.1) is 11.7 Å². The van der Waals surface area contributed by atoms with E-state index >= 15 is 0 Å². The Balaban J connectivity index is 1.66. The van der Waals surface area contributed by atoms with Gasteiger partial charge in [-0.05, 0) is 50.1 Å². The highest BCUT2D eigenvalue weighted by atomic mass is 16.5. The van der Waals surface area contributed by atoms with Gasteiger partial charge in [0.2, 0.25) is 5.82 Å². The third-order valence-corrected chi connectivity index (χ3v) is 4.52. The number of hydrogen-bond donors (Lipinski definition) is 1. The summed E-state index contributed by atoms with van der Waals surface area (Å²) in [6.07, 6.45) is 1.43. The number of benzene rings is 2. The van der Waals surface area contributed by atoms with Gasteiger partial charge in [0, 0.05) is 16.7 Å². The molecule has 8 heteroatoms. The largest absolute Gasteiger partial charge is 0.490 e. The summed E-state index contributed by atoms with van der Waals surface area (Å²) in [5.74, 6) is 1.61. The van der Waals surface area contributed by atoms with E-state index in [1.165, 1.54) is 0 Å². The first-order chi connectivity index (χ1) is 14.5. The minimum absolute atomic E-state index is 0.0461. The Morgan fingerprint density at radius 2 is 2.07 bits per heavy atom. The number of carbonyl (C=O) groups is 1. The molecule has 0 saturated carbocycles. The van der Waals surface area contributed by atoms with Gasteiger partial charge in [-0.1, -0.05) is 23.4 Å². The van der Waals surface area contributed by atoms with Gasteiger partial charge in [-0.25, -0.2) is 4.79 Å². The minimum atomic E-state index is -0.862. The van der Waals surface area contributed by atoms with Crippen molar-refractivity contribution in [2.45, 2.75) is 26.4 Å². The maximum absolute atomic E-state index is 11.1. The normalized spacial score (nSPS) is 12.3. The topological polar surface area (TPSA) is 124 Å². The predicted octanol–water partition coefficient (Wildman–Crippen LogP) is 4.05. The number of amides is 1. The van der Waals surface area contributed by atoms with Crippen molar-refractivity contribution >= 4 is 11.9 Å². The molecular weight excluding hydrogens is 384 g/mol. The molecule has 0 bridgehead atoms. The molecule has 2 N–H and O–H groups in total. The summed E-state index contributed by atoms with van der Waals surface area (Å²) in [5.41, 5.74) is 8.58. The zero-order chi connectivity index (χ0) is 21.3. The molecular formula is C22H18N4O4. The van der Waals surface area contributed by atoms with Crippen molar-refractivity contribution in [3.05, 3.63) is 59.2 Å². The standard InChI is InChI=1S/C22H18N4O4/c1-12(2)28-18-8-6-13(10-14(18)11-23)21-25-20(26-30-21)17-5-3-4-16-15(17)7-9-19(16)29-22(24)27/h3-6,8-10,12H,7H2,1-2H3,(H2,24,27). The van der Waals surface area contributed by atoms with E-state index in [1.54, 1.807) is 24.3 Å². The van der Waals surface area contributed by atoms with Crippen molar-refractivity contribution in [3.63, 3.8) is 0 Å². The first kappa shape index (κ1) is 19.2. The molecule has 1 aromatic heterocycles. The molecule has 0 aliphatic heterocycles. The summed E-state index contributed by atoms with van der Waals surface area (Å²) in [4.78, 5) is 15.6. The molecule has 0 spiro atoms. The Bertz CT molecular complexity index is 1200. The van der Waals surface area contributed by atoms with Gasteiger partial charge in [-0.15, -0.1) is 0 Å². The summed E-state index contributed by atoms with van der Waals surface area (Å²) < 4.78 is 16.2. The molecule has 0 atom stereocenters. The summed E-state index contributed by atoms with van der Waals surface area (Å²) in [7, 11) is 0. The Labute approximate surface area is 172 Å². The quantitative estimate of drug-likeness (QED) is 0.682. The number of primary amides is 1. The van der Waals surface area contributed by atoms with Crippen LogP contribution >= 0.6 is 0 Å². The lowest BCUT2D eigenvalue weighted by Crippen LogP contribution is -2.11. The Kier molecular flexibility index (Phi) is 4.94. The number of nitriles is 1. The second kappa shape index (κ2) is 7.72. The number of fused-ring (bicyclic) bond motifs is 1. The fraction of sp³-hybridized carbons (Fsp3) is 0.182. The van der Waals surface area contributed by atoms with Gasteiger partial charge < -0.3 is 19.7 Å². The third-order valence-electron chi connectivity index (χ3n) is 4.52. The molecule has 150 valence electrons. The van der Waals surface area contributed by atoms with Crippen molar-refractivity contribution in [1.29, 1.82) is 5.26 Å². The summed E-state index contributed by atoms with van der Waals surface area (Å²) >= 11 is 0. The smallest absolute Gasteiger partial charge is 0.409 e. The van der Waals surface area contributed by atoms with Gasteiger partial charge in [0.1, 0.15) is 17.6 Å². The van der Waals surface area contributed by atoms with Crippen LogP contribution in [0.5, 0.6) is 5.75 Å². The highest BCUT2D eigenvalue weighted by molar-refractivity contribution is 5.82. The molecule has 1 amide bonds. The van der Waals surface area contributed by atoms with Crippen molar-refractivity contribution in [3.8, 4) is 34.7 Å². The second-order valence-corrected chi connectivity index (χ2v) is 6.94. The van der Waals surface area contributed by atoms with Crippen LogP contribution < -0.4 is 10.5 Å². The van der Waals surface area contributed by atoms with Crippen molar-refractivity contribution in [2.24, 2.45) is 5.73 Å². The van der Waals surface area contributed by atoms with Gasteiger partial charge >= 0.3 is 6.09 Å². The summed E-state index contributed by atoms with van der Waals surface area (Å²) in [6, 6.07) is 12.8. The number of nitrogens with zero attached hydrogens (tertiary/aromatic N) is 3. The fourth-order valence-corrected chi connectivity index (χ4v) is 3.31. The van der Waals surface area contributed by atoms with Crippen molar-refractivity contribution in [2.75, 3.05) is 0 Å². The fourth-order valence-electron chi connectivity index (χ4n) is 3.31. The van der Waals surface area contributed by atoms with Gasteiger partial charge in [0.15, 0.2) is 0 Å². The highest BCUT2D eigenvalue weighted by Crippen LogP contribution is 2.35. The molecule has 0 unspecified atom stereocenters. The zero-order valence-corrected chi connectivity index (χ0v) is 16.4. The van der Waals surface area contributed by atoms with Crippen LogP contribution in [0.3, 0.4) is 0 Å². The van der Waals surface area contributed by atoms with E-state index in [-0.39, 0.29) is 12.0 Å². The van der Waals surface area contributed by atoms with Crippen LogP contribution in [0.2, 0.25) is 0 Å². The minimum Gasteiger partial charge on any atom is -0.490 e. The Morgan fingerprint density at radius 3 is 2.80 bits per heavy atom. The number of hydrogen-bond acceptors (Lipinski definition) is 7. The van der Waals surface area contributed by atoms with Crippen LogP contribution in [-0.4, -0.2) is 22.3 Å². The lowest BCUT2D eigenvalue weighted by atomic mass is 10.0. The molecule has 2 aromatic carbocycles. The van der Waals surface area contributed by atoms with Crippen LogP contribution in [0.15, 0.2) is 47.0 Å². The monoisotopic (exact) mass is 402 g/mol. The van der Waals surface area contributed by atoms with Gasteiger partial charge in [-0.3, -0.25) is 0 Å². The van der Waals surface area contributed by atoms with Gasteiger partial charge in [0.25, 0.3) is 5.89 Å². The number of allylic oxidation sites excluding steroid dienone is 1. The average molecular weight is 402 g/mol. The Morgan fingerprint density at radius 1 is 1.27 bits per heavy atom. The van der Waals surface area contributed by atoms with Crippen LogP contribution in [-0.2, 0) is 11.2 Å². The van der Waals surface area contributed by atoms with E-state index in [2.05, 4.69) is 16.2 Å². The lowest BCUT2D eigenvalue weighted by Gasteiger charge is -2.11. The van der Waals surface area contributed by atoms with Crippen LogP contribution in [0.1, 0.15) is 30.5 Å². The maximum Gasteiger partial charge on any atom is 0.409 e. The maximum atomic E-state index is 11.1. The molecule has 1 aliphatic rings. The summed E-state index contributed by atoms with van der Waals surface area (Å²) in [6.45, 7) is 3.79. The van der Waals surface area contributed by atoms with E-state index < -0.39 is 6.09 Å². The van der Waals surface area contributed by atoms with Gasteiger partial charge in [-0.2, -0.15) is 10.2 Å². The first-order valence-corrected chi connectivity index (χ1v) is 9.31. The van der Waals surface area contributed by atoms with E-state index in [1.807, 2.05) is 32.0 Å². The first-order valence-electron chi connectivity index (χ1n) is 9.31. The molecule has 30 heavy (non-hydrogen) atoms. The Hall–Kier alpha value is -4.12. The van der Waals surface area contributed by atoms with Crippen molar-refractivity contribution in [1.82, 2.24) is 10.1 Å². The van der Waals surface area contributed by atoms with Crippen LogP contribution in [0, 0.1) is 11.3 Å². The van der Waals surface area contributed by atoms with Crippen LogP contribution in [0.25, 0.3) is 28.6 Å². The van der Waals surface area contributed by atoms with E-state index in [0.29, 0.717) is 34.9 Å². The zero-order valence-electron chi connectivity index (χ0n) is 16.4. The number of nitrogens with two attached hydrogens (primary N) is 1. The predicted molar refractivity (Wildman–Crippen MR) is 108 cm³/mol. The number of aromatic nitrogens is 2. The highest BCUT2D eigenvalue weighted by Gasteiger charge is 2.23. The molecule has 8 nitrogen and oxygen atoms in total. The van der Waals surface area contributed by atoms with E-state index in [4.69, 9.17) is 19.7 Å². The van der Waals surface area contributed by atoms with E-state index in [9.17, 15) is 10.1 Å². The number of carbonyl (C=O) groups excluding carboxylic acids is 1. The molecule has 3 aromatic rings. The molecule has 4 rings (SSSR count). The van der Waals surface area contributed by atoms with Crippen LogP contribution in [0.4, 0.5) is 4.79 Å². The molecule has 1 aliphatic carbocycles. The summed E-state index contributed by atoms with van der Waals surface area (Å²) in [5, 5.41) is 13.5. The molecule has 0 radical (unpaired) electrons. The molecule has 1 heterocycles. The van der Waals surface area contributed by atoms with Crippen molar-refractivity contribution < 1.29 is 18.8 Å². The lowest BCUT2D eigenvalue weighted by molar-refractivity contribution is 0.202. The number of rotatable bonds is 5.